The van der Waals surface area contributed by atoms with Crippen molar-refractivity contribution in [1.82, 2.24) is 9.88 Å². The highest BCUT2D eigenvalue weighted by atomic mass is 19.1. The van der Waals surface area contributed by atoms with Gasteiger partial charge in [-0.2, -0.15) is 0 Å². The molecule has 1 aliphatic heterocycles. The van der Waals surface area contributed by atoms with Crippen molar-refractivity contribution >= 4 is 28.2 Å². The number of halogens is 1. The summed E-state index contributed by atoms with van der Waals surface area (Å²) in [5.41, 5.74) is 3.31. The number of carbonyl (C=O) groups excluding carboxylic acids is 1. The molecule has 0 spiro atoms. The lowest BCUT2D eigenvalue weighted by Crippen LogP contribution is -2.39. The average Bonchev–Trinajstić information content (AvgIpc) is 3.04. The van der Waals surface area contributed by atoms with Gasteiger partial charge in [-0.25, -0.2) is 4.39 Å². The van der Waals surface area contributed by atoms with Crippen LogP contribution in [0.25, 0.3) is 10.9 Å². The Morgan fingerprint density at radius 2 is 2.00 bits per heavy atom. The first-order valence-electron chi connectivity index (χ1n) is 10.4. The number of piperidine rings is 1. The number of anilines is 1. The third kappa shape index (κ3) is 4.74. The number of carbonyl (C=O) groups is 1. The topological polar surface area (TPSA) is 91.3 Å². The number of likely N-dealkylation sites (tertiary alicyclic amines) is 1. The van der Waals surface area contributed by atoms with Crippen molar-refractivity contribution in [3.63, 3.8) is 0 Å². The molecule has 0 atom stereocenters. The number of nitro groups is 1. The lowest BCUT2D eigenvalue weighted by atomic mass is 9.89. The van der Waals surface area contributed by atoms with Gasteiger partial charge in [0.05, 0.1) is 11.5 Å². The van der Waals surface area contributed by atoms with E-state index in [1.54, 1.807) is 24.3 Å². The molecule has 7 nitrogen and oxygen atoms in total. The van der Waals surface area contributed by atoms with Crippen LogP contribution in [0.4, 0.5) is 15.8 Å². The van der Waals surface area contributed by atoms with Crippen LogP contribution in [-0.2, 0) is 11.2 Å². The fourth-order valence-corrected chi connectivity index (χ4v) is 4.39. The summed E-state index contributed by atoms with van der Waals surface area (Å²) in [4.78, 5) is 28.4. The Bertz CT molecular complexity index is 1120. The third-order valence-corrected chi connectivity index (χ3v) is 6.02. The van der Waals surface area contributed by atoms with E-state index in [2.05, 4.69) is 15.2 Å². The van der Waals surface area contributed by atoms with Crippen molar-refractivity contribution in [3.8, 4) is 0 Å². The number of hydrogen-bond donors (Lipinski definition) is 2. The minimum Gasteiger partial charge on any atom is -0.358 e. The highest BCUT2D eigenvalue weighted by molar-refractivity contribution is 5.94. The largest absolute Gasteiger partial charge is 0.358 e. The minimum atomic E-state index is -0.500. The van der Waals surface area contributed by atoms with Gasteiger partial charge >= 0.3 is 0 Å². The predicted molar refractivity (Wildman–Crippen MR) is 118 cm³/mol. The van der Waals surface area contributed by atoms with Crippen LogP contribution in [0.3, 0.4) is 0 Å². The van der Waals surface area contributed by atoms with Crippen molar-refractivity contribution in [2.75, 3.05) is 25.0 Å². The van der Waals surface area contributed by atoms with Crippen LogP contribution in [0, 0.1) is 28.8 Å². The summed E-state index contributed by atoms with van der Waals surface area (Å²) in [6, 6.07) is 11.0. The lowest BCUT2D eigenvalue weighted by molar-refractivity contribution is -0.383. The molecule has 1 aromatic heterocycles. The van der Waals surface area contributed by atoms with Crippen molar-refractivity contribution in [1.29, 1.82) is 0 Å². The molecule has 0 saturated carbocycles. The second kappa shape index (κ2) is 8.85. The number of benzene rings is 2. The van der Waals surface area contributed by atoms with E-state index in [0.717, 1.165) is 48.9 Å². The third-order valence-electron chi connectivity index (χ3n) is 6.02. The second-order valence-electron chi connectivity index (χ2n) is 8.16. The standard InChI is InChI=1S/C23H25FN4O3/c1-15-18(19-13-17(24)6-7-20(19)25-15)12-16-8-10-27(11-9-16)14-23(29)26-21-4-2-3-5-22(21)28(30)31/h2-7,13,16,25H,8-12,14H2,1H3,(H,26,29). The number of fused-ring (bicyclic) bond motifs is 1. The predicted octanol–water partition coefficient (Wildman–Crippen LogP) is 4.42. The van der Waals surface area contributed by atoms with E-state index >= 15 is 0 Å². The molecule has 3 aromatic rings. The molecule has 1 saturated heterocycles. The first-order valence-corrected chi connectivity index (χ1v) is 10.4. The van der Waals surface area contributed by atoms with Gasteiger partial charge in [0.2, 0.25) is 5.91 Å². The molecule has 2 aromatic carbocycles. The number of nitrogens with zero attached hydrogens (tertiary/aromatic N) is 2. The molecule has 31 heavy (non-hydrogen) atoms. The fourth-order valence-electron chi connectivity index (χ4n) is 4.39. The Kier molecular flexibility index (Phi) is 5.99. The first-order chi connectivity index (χ1) is 14.9. The Hall–Kier alpha value is -3.26. The highest BCUT2D eigenvalue weighted by Gasteiger charge is 2.24. The van der Waals surface area contributed by atoms with Crippen LogP contribution in [0.1, 0.15) is 24.1 Å². The van der Waals surface area contributed by atoms with Crippen LogP contribution in [0.5, 0.6) is 0 Å². The zero-order chi connectivity index (χ0) is 22.0. The molecule has 8 heteroatoms. The van der Waals surface area contributed by atoms with Crippen molar-refractivity contribution < 1.29 is 14.1 Å². The smallest absolute Gasteiger partial charge is 0.292 e. The molecule has 1 amide bonds. The zero-order valence-corrected chi connectivity index (χ0v) is 17.4. The van der Waals surface area contributed by atoms with Crippen molar-refractivity contribution in [3.05, 3.63) is 69.7 Å². The number of nitro benzene ring substituents is 1. The molecule has 2 heterocycles. The Morgan fingerprint density at radius 1 is 1.26 bits per heavy atom. The van der Waals surface area contributed by atoms with Gasteiger partial charge in [0.15, 0.2) is 0 Å². The number of aromatic amines is 1. The maximum atomic E-state index is 13.7. The van der Waals surface area contributed by atoms with Crippen LogP contribution in [-0.4, -0.2) is 40.3 Å². The van der Waals surface area contributed by atoms with Crippen molar-refractivity contribution in [2.45, 2.75) is 26.2 Å². The quantitative estimate of drug-likeness (QED) is 0.453. The Morgan fingerprint density at radius 3 is 2.74 bits per heavy atom. The minimum absolute atomic E-state index is 0.111. The summed E-state index contributed by atoms with van der Waals surface area (Å²) in [5, 5.41) is 14.7. The van der Waals surface area contributed by atoms with Crippen LogP contribution < -0.4 is 5.32 Å². The van der Waals surface area contributed by atoms with E-state index in [-0.39, 0.29) is 29.6 Å². The number of para-hydroxylation sites is 2. The zero-order valence-electron chi connectivity index (χ0n) is 17.4. The first kappa shape index (κ1) is 21.0. The molecule has 0 radical (unpaired) electrons. The fraction of sp³-hybridized carbons (Fsp3) is 0.348. The second-order valence-corrected chi connectivity index (χ2v) is 8.16. The number of aryl methyl sites for hydroxylation is 1. The lowest BCUT2D eigenvalue weighted by Gasteiger charge is -2.31. The molecule has 1 fully saturated rings. The van der Waals surface area contributed by atoms with Gasteiger partial charge in [-0.05, 0) is 75.0 Å². The van der Waals surface area contributed by atoms with E-state index in [0.29, 0.717) is 5.92 Å². The van der Waals surface area contributed by atoms with Gasteiger partial charge in [0.1, 0.15) is 11.5 Å². The molecule has 0 bridgehead atoms. The van der Waals surface area contributed by atoms with E-state index in [1.165, 1.54) is 23.8 Å². The molecule has 0 aliphatic carbocycles. The molecular weight excluding hydrogens is 399 g/mol. The molecule has 0 unspecified atom stereocenters. The number of nitrogens with one attached hydrogen (secondary N) is 2. The number of aromatic nitrogens is 1. The summed E-state index contributed by atoms with van der Waals surface area (Å²) in [5.74, 6) is -0.0153. The molecule has 4 rings (SSSR count). The normalized spacial score (nSPS) is 15.3. The highest BCUT2D eigenvalue weighted by Crippen LogP contribution is 2.29. The van der Waals surface area contributed by atoms with Gasteiger partial charge in [-0.3, -0.25) is 19.8 Å². The van der Waals surface area contributed by atoms with E-state index in [4.69, 9.17) is 0 Å². The van der Waals surface area contributed by atoms with Gasteiger partial charge in [-0.15, -0.1) is 0 Å². The Balaban J connectivity index is 1.32. The molecule has 1 aliphatic rings. The summed E-state index contributed by atoms with van der Waals surface area (Å²) in [7, 11) is 0. The summed E-state index contributed by atoms with van der Waals surface area (Å²) in [6.45, 7) is 3.79. The number of rotatable bonds is 6. The molecular formula is C23H25FN4O3. The molecule has 162 valence electrons. The monoisotopic (exact) mass is 424 g/mol. The van der Waals surface area contributed by atoms with Crippen molar-refractivity contribution in [2.24, 2.45) is 5.92 Å². The SMILES string of the molecule is Cc1[nH]c2ccc(F)cc2c1CC1CCN(CC(=O)Nc2ccccc2[N+](=O)[O-])CC1. The Labute approximate surface area is 179 Å². The molecule has 2 N–H and O–H groups in total. The van der Waals surface area contributed by atoms with Gasteiger partial charge in [0.25, 0.3) is 5.69 Å². The van der Waals surface area contributed by atoms with Gasteiger partial charge in [-0.1, -0.05) is 12.1 Å². The van der Waals surface area contributed by atoms with Gasteiger partial charge in [0, 0.05) is 22.7 Å². The van der Waals surface area contributed by atoms with Crippen LogP contribution in [0.15, 0.2) is 42.5 Å². The number of hydrogen-bond acceptors (Lipinski definition) is 4. The van der Waals surface area contributed by atoms with Crippen LogP contribution >= 0.6 is 0 Å². The van der Waals surface area contributed by atoms with E-state index in [1.807, 2.05) is 6.92 Å². The summed E-state index contributed by atoms with van der Waals surface area (Å²) >= 11 is 0. The van der Waals surface area contributed by atoms with E-state index < -0.39 is 4.92 Å². The van der Waals surface area contributed by atoms with Gasteiger partial charge < -0.3 is 10.3 Å². The number of amides is 1. The van der Waals surface area contributed by atoms with Crippen LogP contribution in [0.2, 0.25) is 0 Å². The number of H-pyrrole nitrogens is 1. The maximum absolute atomic E-state index is 13.7. The van der Waals surface area contributed by atoms with E-state index in [9.17, 15) is 19.3 Å². The average molecular weight is 424 g/mol. The maximum Gasteiger partial charge on any atom is 0.292 e. The summed E-state index contributed by atoms with van der Waals surface area (Å²) < 4.78 is 13.7. The summed E-state index contributed by atoms with van der Waals surface area (Å²) in [6.07, 6.45) is 2.77.